The molecule has 0 bridgehead atoms. The van der Waals surface area contributed by atoms with Gasteiger partial charge in [-0.3, -0.25) is 9.38 Å². The van der Waals surface area contributed by atoms with E-state index in [2.05, 4.69) is 32.0 Å². The average molecular weight is 299 g/mol. The molecule has 0 saturated heterocycles. The molecule has 3 heterocycles. The van der Waals surface area contributed by atoms with Gasteiger partial charge in [0.2, 0.25) is 0 Å². The smallest absolute Gasteiger partial charge is 0.152 e. The molecule has 86 valence electrons. The van der Waals surface area contributed by atoms with Crippen molar-refractivity contribution in [3.8, 4) is 17.3 Å². The Morgan fingerprint density at radius 3 is 2.89 bits per heavy atom. The van der Waals surface area contributed by atoms with Crippen LogP contribution in [0, 0.1) is 11.3 Å². The van der Waals surface area contributed by atoms with E-state index in [-0.39, 0.29) is 0 Å². The minimum atomic E-state index is 0.513. The SMILES string of the molecule is N#Cc1c(-c2cccnc2)nc2c(Br)cccn12. The van der Waals surface area contributed by atoms with Crippen molar-refractivity contribution in [3.63, 3.8) is 0 Å². The van der Waals surface area contributed by atoms with Crippen molar-refractivity contribution < 1.29 is 0 Å². The summed E-state index contributed by atoms with van der Waals surface area (Å²) in [4.78, 5) is 8.57. The van der Waals surface area contributed by atoms with Crippen LogP contribution in [0.3, 0.4) is 0 Å². The number of halogens is 1. The lowest BCUT2D eigenvalue weighted by atomic mass is 10.2. The third-order valence-corrected chi connectivity index (χ3v) is 3.26. The highest BCUT2D eigenvalue weighted by atomic mass is 79.9. The summed E-state index contributed by atoms with van der Waals surface area (Å²) in [5.74, 6) is 0. The summed E-state index contributed by atoms with van der Waals surface area (Å²) in [5.41, 5.74) is 2.73. The Kier molecular flexibility index (Phi) is 2.58. The number of fused-ring (bicyclic) bond motifs is 1. The summed E-state index contributed by atoms with van der Waals surface area (Å²) >= 11 is 3.44. The Balaban J connectivity index is 2.38. The van der Waals surface area contributed by atoms with Crippen molar-refractivity contribution in [1.82, 2.24) is 14.4 Å². The first-order valence-electron chi connectivity index (χ1n) is 5.28. The van der Waals surface area contributed by atoms with Crippen molar-refractivity contribution in [2.45, 2.75) is 0 Å². The highest BCUT2D eigenvalue weighted by Crippen LogP contribution is 2.26. The van der Waals surface area contributed by atoms with Crippen LogP contribution in [0.1, 0.15) is 5.69 Å². The number of nitrogens with zero attached hydrogens (tertiary/aromatic N) is 4. The van der Waals surface area contributed by atoms with E-state index in [9.17, 15) is 5.26 Å². The number of imidazole rings is 1. The van der Waals surface area contributed by atoms with Crippen LogP contribution < -0.4 is 0 Å². The third kappa shape index (κ3) is 1.59. The van der Waals surface area contributed by atoms with Gasteiger partial charge in [-0.2, -0.15) is 5.26 Å². The lowest BCUT2D eigenvalue weighted by molar-refractivity contribution is 1.15. The van der Waals surface area contributed by atoms with Crippen molar-refractivity contribution in [2.24, 2.45) is 0 Å². The molecule has 0 atom stereocenters. The van der Waals surface area contributed by atoms with E-state index in [0.29, 0.717) is 11.4 Å². The average Bonchev–Trinajstić information content (AvgIpc) is 2.80. The maximum Gasteiger partial charge on any atom is 0.152 e. The minimum Gasteiger partial charge on any atom is -0.290 e. The van der Waals surface area contributed by atoms with Crippen LogP contribution in [0.2, 0.25) is 0 Å². The maximum atomic E-state index is 9.31. The van der Waals surface area contributed by atoms with Crippen LogP contribution in [0.4, 0.5) is 0 Å². The summed E-state index contributed by atoms with van der Waals surface area (Å²) < 4.78 is 2.63. The monoisotopic (exact) mass is 298 g/mol. The molecule has 0 spiro atoms. The zero-order chi connectivity index (χ0) is 12.5. The number of aromatic nitrogens is 3. The molecule has 0 aliphatic carbocycles. The quantitative estimate of drug-likeness (QED) is 0.694. The van der Waals surface area contributed by atoms with Crippen molar-refractivity contribution >= 4 is 21.6 Å². The molecular formula is C13H7BrN4. The molecule has 0 radical (unpaired) electrons. The molecule has 0 aliphatic rings. The molecule has 4 nitrogen and oxygen atoms in total. The fourth-order valence-corrected chi connectivity index (χ4v) is 2.28. The highest BCUT2D eigenvalue weighted by molar-refractivity contribution is 9.10. The van der Waals surface area contributed by atoms with E-state index in [1.54, 1.807) is 16.8 Å². The van der Waals surface area contributed by atoms with Gasteiger partial charge in [0.15, 0.2) is 11.3 Å². The van der Waals surface area contributed by atoms with Gasteiger partial charge in [0.1, 0.15) is 11.8 Å². The van der Waals surface area contributed by atoms with Gasteiger partial charge in [-0.05, 0) is 40.2 Å². The molecule has 0 aromatic carbocycles. The van der Waals surface area contributed by atoms with Gasteiger partial charge in [0.25, 0.3) is 0 Å². The summed E-state index contributed by atoms with van der Waals surface area (Å²) in [5, 5.41) is 9.31. The largest absolute Gasteiger partial charge is 0.290 e. The van der Waals surface area contributed by atoms with Crippen LogP contribution in [0.5, 0.6) is 0 Å². The highest BCUT2D eigenvalue weighted by Gasteiger charge is 2.14. The molecule has 0 amide bonds. The van der Waals surface area contributed by atoms with Gasteiger partial charge in [-0.15, -0.1) is 0 Å². The van der Waals surface area contributed by atoms with Crippen LogP contribution >= 0.6 is 15.9 Å². The molecule has 18 heavy (non-hydrogen) atoms. The first kappa shape index (κ1) is 10.9. The number of hydrogen-bond donors (Lipinski definition) is 0. The second-order valence-electron chi connectivity index (χ2n) is 3.71. The lowest BCUT2D eigenvalue weighted by Crippen LogP contribution is -1.88. The lowest BCUT2D eigenvalue weighted by Gasteiger charge is -1.96. The second-order valence-corrected chi connectivity index (χ2v) is 4.57. The van der Waals surface area contributed by atoms with Crippen LogP contribution in [-0.2, 0) is 0 Å². The van der Waals surface area contributed by atoms with Gasteiger partial charge < -0.3 is 0 Å². The van der Waals surface area contributed by atoms with E-state index in [1.165, 1.54) is 0 Å². The predicted octanol–water partition coefficient (Wildman–Crippen LogP) is 3.03. The molecule has 3 aromatic rings. The molecule has 0 aliphatic heterocycles. The first-order chi connectivity index (χ1) is 8.81. The molecule has 5 heteroatoms. The first-order valence-corrected chi connectivity index (χ1v) is 6.07. The van der Waals surface area contributed by atoms with Crippen molar-refractivity contribution in [2.75, 3.05) is 0 Å². The standard InChI is InChI=1S/C13H7BrN4/c14-10-4-2-6-18-11(7-15)12(17-13(10)18)9-3-1-5-16-8-9/h1-6,8H. The predicted molar refractivity (Wildman–Crippen MR) is 70.8 cm³/mol. The zero-order valence-corrected chi connectivity index (χ0v) is 10.8. The van der Waals surface area contributed by atoms with Crippen molar-refractivity contribution in [3.05, 3.63) is 53.0 Å². The molecule has 3 rings (SSSR count). The number of hydrogen-bond acceptors (Lipinski definition) is 3. The molecule has 0 fully saturated rings. The number of nitriles is 1. The fraction of sp³-hybridized carbons (Fsp3) is 0. The van der Waals surface area contributed by atoms with Gasteiger partial charge in [-0.25, -0.2) is 4.98 Å². The van der Waals surface area contributed by atoms with E-state index in [0.717, 1.165) is 15.7 Å². The summed E-state index contributed by atoms with van der Waals surface area (Å²) in [7, 11) is 0. The minimum absolute atomic E-state index is 0.513. The zero-order valence-electron chi connectivity index (χ0n) is 9.21. The topological polar surface area (TPSA) is 54.0 Å². The van der Waals surface area contributed by atoms with Gasteiger partial charge in [0, 0.05) is 24.2 Å². The normalized spacial score (nSPS) is 10.4. The maximum absolute atomic E-state index is 9.31. The summed E-state index contributed by atoms with van der Waals surface area (Å²) in [6.07, 6.45) is 5.23. The van der Waals surface area contributed by atoms with Gasteiger partial charge in [0.05, 0.1) is 4.47 Å². The van der Waals surface area contributed by atoms with E-state index >= 15 is 0 Å². The Bertz CT molecular complexity index is 756. The fourth-order valence-electron chi connectivity index (χ4n) is 1.85. The number of rotatable bonds is 1. The summed E-state index contributed by atoms with van der Waals surface area (Å²) in [6.45, 7) is 0. The Labute approximate surface area is 112 Å². The molecule has 3 aromatic heterocycles. The molecular weight excluding hydrogens is 292 g/mol. The van der Waals surface area contributed by atoms with Gasteiger partial charge >= 0.3 is 0 Å². The van der Waals surface area contributed by atoms with E-state index in [1.807, 2.05) is 30.5 Å². The Morgan fingerprint density at radius 1 is 1.28 bits per heavy atom. The molecule has 0 N–H and O–H groups in total. The Hall–Kier alpha value is -2.19. The molecule has 0 unspecified atom stereocenters. The second kappa shape index (κ2) is 4.24. The van der Waals surface area contributed by atoms with E-state index < -0.39 is 0 Å². The van der Waals surface area contributed by atoms with E-state index in [4.69, 9.17) is 0 Å². The van der Waals surface area contributed by atoms with Crippen LogP contribution in [0.25, 0.3) is 16.9 Å². The van der Waals surface area contributed by atoms with Crippen LogP contribution in [-0.4, -0.2) is 14.4 Å². The molecule has 0 saturated carbocycles. The van der Waals surface area contributed by atoms with Gasteiger partial charge in [-0.1, -0.05) is 0 Å². The van der Waals surface area contributed by atoms with Crippen molar-refractivity contribution in [1.29, 1.82) is 5.26 Å². The van der Waals surface area contributed by atoms with Crippen LogP contribution in [0.15, 0.2) is 47.3 Å². The number of pyridine rings is 2. The third-order valence-electron chi connectivity index (χ3n) is 2.64. The summed E-state index contributed by atoms with van der Waals surface area (Å²) in [6, 6.07) is 9.68. The Morgan fingerprint density at radius 2 is 2.17 bits per heavy atom.